The Labute approximate surface area is 114 Å². The molecule has 1 saturated carbocycles. The van der Waals surface area contributed by atoms with Crippen molar-refractivity contribution in [3.8, 4) is 0 Å². The average molecular weight is 270 g/mol. The Morgan fingerprint density at radius 3 is 2.89 bits per heavy atom. The van der Waals surface area contributed by atoms with Gasteiger partial charge in [0.15, 0.2) is 0 Å². The molecule has 2 atom stereocenters. The Bertz CT molecular complexity index is 394. The van der Waals surface area contributed by atoms with Crippen LogP contribution >= 0.6 is 11.6 Å². The van der Waals surface area contributed by atoms with Crippen molar-refractivity contribution >= 4 is 11.6 Å². The van der Waals surface area contributed by atoms with Crippen molar-refractivity contribution in [2.45, 2.75) is 51.0 Å². The highest BCUT2D eigenvalue weighted by molar-refractivity contribution is 6.31. The number of halogens is 2. The zero-order valence-electron chi connectivity index (χ0n) is 10.9. The van der Waals surface area contributed by atoms with Gasteiger partial charge < -0.3 is 5.32 Å². The van der Waals surface area contributed by atoms with Gasteiger partial charge in [-0.25, -0.2) is 4.39 Å². The Balaban J connectivity index is 2.16. The van der Waals surface area contributed by atoms with Crippen molar-refractivity contribution in [3.05, 3.63) is 34.6 Å². The van der Waals surface area contributed by atoms with Crippen LogP contribution in [0, 0.1) is 5.82 Å². The summed E-state index contributed by atoms with van der Waals surface area (Å²) in [5.74, 6) is 0.207. The molecule has 1 aromatic carbocycles. The van der Waals surface area contributed by atoms with Gasteiger partial charge in [-0.1, -0.05) is 31.4 Å². The third kappa shape index (κ3) is 3.46. The molecule has 1 fully saturated rings. The summed E-state index contributed by atoms with van der Waals surface area (Å²) in [5, 5.41) is 4.23. The molecular formula is C15H21ClFN. The molecule has 100 valence electrons. The van der Waals surface area contributed by atoms with Crippen molar-refractivity contribution in [2.75, 3.05) is 6.54 Å². The first-order chi connectivity index (χ1) is 8.70. The van der Waals surface area contributed by atoms with Crippen LogP contribution in [0.15, 0.2) is 18.2 Å². The highest BCUT2D eigenvalue weighted by atomic mass is 35.5. The number of rotatable bonds is 3. The van der Waals surface area contributed by atoms with E-state index in [4.69, 9.17) is 11.6 Å². The number of hydrogen-bond acceptors (Lipinski definition) is 1. The minimum absolute atomic E-state index is 0.182. The van der Waals surface area contributed by atoms with Gasteiger partial charge in [0, 0.05) is 11.1 Å². The van der Waals surface area contributed by atoms with E-state index in [1.807, 2.05) is 0 Å². The summed E-state index contributed by atoms with van der Waals surface area (Å²) in [4.78, 5) is 0. The van der Waals surface area contributed by atoms with E-state index in [0.29, 0.717) is 17.0 Å². The van der Waals surface area contributed by atoms with Crippen molar-refractivity contribution in [1.82, 2.24) is 5.32 Å². The molecule has 0 amide bonds. The third-order valence-corrected chi connectivity index (χ3v) is 4.16. The maximum Gasteiger partial charge on any atom is 0.123 e. The molecule has 1 aromatic rings. The lowest BCUT2D eigenvalue weighted by molar-refractivity contribution is 0.448. The van der Waals surface area contributed by atoms with Gasteiger partial charge in [-0.3, -0.25) is 0 Å². The molecule has 0 radical (unpaired) electrons. The highest BCUT2D eigenvalue weighted by Crippen LogP contribution is 2.35. The fourth-order valence-corrected chi connectivity index (χ4v) is 3.22. The van der Waals surface area contributed by atoms with Crippen LogP contribution in [0.25, 0.3) is 0 Å². The second-order valence-electron chi connectivity index (χ2n) is 5.14. The topological polar surface area (TPSA) is 12.0 Å². The van der Waals surface area contributed by atoms with E-state index in [9.17, 15) is 4.39 Å². The van der Waals surface area contributed by atoms with Crippen molar-refractivity contribution in [2.24, 2.45) is 0 Å². The Hall–Kier alpha value is -0.600. The van der Waals surface area contributed by atoms with Gasteiger partial charge in [-0.2, -0.15) is 0 Å². The van der Waals surface area contributed by atoms with Crippen LogP contribution in [-0.2, 0) is 0 Å². The molecule has 0 saturated heterocycles. The summed E-state index contributed by atoms with van der Waals surface area (Å²) in [5.41, 5.74) is 0.987. The van der Waals surface area contributed by atoms with Gasteiger partial charge in [0.1, 0.15) is 5.82 Å². The molecule has 0 heterocycles. The smallest absolute Gasteiger partial charge is 0.123 e. The van der Waals surface area contributed by atoms with E-state index in [0.717, 1.165) is 24.9 Å². The Morgan fingerprint density at radius 1 is 1.33 bits per heavy atom. The largest absolute Gasteiger partial charge is 0.314 e. The first kappa shape index (κ1) is 13.8. The lowest BCUT2D eigenvalue weighted by atomic mass is 9.90. The summed E-state index contributed by atoms with van der Waals surface area (Å²) in [6, 6.07) is 5.27. The molecule has 0 aliphatic heterocycles. The lowest BCUT2D eigenvalue weighted by Gasteiger charge is -2.22. The SMILES string of the molecule is CCNC1CCCCC(c2cc(F)ccc2Cl)C1. The zero-order valence-corrected chi connectivity index (χ0v) is 11.6. The molecule has 2 unspecified atom stereocenters. The van der Waals surface area contributed by atoms with E-state index in [-0.39, 0.29) is 5.82 Å². The molecule has 0 bridgehead atoms. The van der Waals surface area contributed by atoms with Gasteiger partial charge in [-0.15, -0.1) is 0 Å². The van der Waals surface area contributed by atoms with Crippen LogP contribution in [-0.4, -0.2) is 12.6 Å². The van der Waals surface area contributed by atoms with E-state index < -0.39 is 0 Å². The molecule has 0 aromatic heterocycles. The second-order valence-corrected chi connectivity index (χ2v) is 5.54. The summed E-state index contributed by atoms with van der Waals surface area (Å²) in [7, 11) is 0. The Kier molecular flexibility index (Phi) is 5.02. The maximum absolute atomic E-state index is 13.4. The monoisotopic (exact) mass is 269 g/mol. The number of nitrogens with one attached hydrogen (secondary N) is 1. The van der Waals surface area contributed by atoms with Crippen LogP contribution < -0.4 is 5.32 Å². The molecule has 3 heteroatoms. The van der Waals surface area contributed by atoms with E-state index in [1.165, 1.54) is 25.3 Å². The molecule has 1 aliphatic carbocycles. The molecule has 18 heavy (non-hydrogen) atoms. The predicted molar refractivity (Wildman–Crippen MR) is 74.7 cm³/mol. The molecule has 0 spiro atoms. The first-order valence-corrected chi connectivity index (χ1v) is 7.26. The van der Waals surface area contributed by atoms with E-state index in [1.54, 1.807) is 12.1 Å². The highest BCUT2D eigenvalue weighted by Gasteiger charge is 2.22. The van der Waals surface area contributed by atoms with Crippen LogP contribution in [0.2, 0.25) is 5.02 Å². The summed E-state index contributed by atoms with van der Waals surface area (Å²) in [6.45, 7) is 3.13. The van der Waals surface area contributed by atoms with Crippen LogP contribution in [0.5, 0.6) is 0 Å². The van der Waals surface area contributed by atoms with Gasteiger partial charge >= 0.3 is 0 Å². The summed E-state index contributed by atoms with van der Waals surface area (Å²) < 4.78 is 13.4. The van der Waals surface area contributed by atoms with Crippen molar-refractivity contribution in [1.29, 1.82) is 0 Å². The maximum atomic E-state index is 13.4. The zero-order chi connectivity index (χ0) is 13.0. The van der Waals surface area contributed by atoms with Crippen LogP contribution in [0.3, 0.4) is 0 Å². The molecular weight excluding hydrogens is 249 g/mol. The number of benzene rings is 1. The van der Waals surface area contributed by atoms with Crippen molar-refractivity contribution < 1.29 is 4.39 Å². The van der Waals surface area contributed by atoms with E-state index >= 15 is 0 Å². The molecule has 1 nitrogen and oxygen atoms in total. The first-order valence-electron chi connectivity index (χ1n) is 6.89. The summed E-state index contributed by atoms with van der Waals surface area (Å²) >= 11 is 6.22. The van der Waals surface area contributed by atoms with Crippen molar-refractivity contribution in [3.63, 3.8) is 0 Å². The quantitative estimate of drug-likeness (QED) is 0.797. The third-order valence-electron chi connectivity index (χ3n) is 3.81. The fourth-order valence-electron chi connectivity index (χ4n) is 2.94. The van der Waals surface area contributed by atoms with Crippen LogP contribution in [0.1, 0.15) is 50.5 Å². The number of hydrogen-bond donors (Lipinski definition) is 1. The fraction of sp³-hybridized carbons (Fsp3) is 0.600. The molecule has 1 N–H and O–H groups in total. The van der Waals surface area contributed by atoms with E-state index in [2.05, 4.69) is 12.2 Å². The molecule has 2 rings (SSSR count). The Morgan fingerprint density at radius 2 is 2.11 bits per heavy atom. The summed E-state index contributed by atoms with van der Waals surface area (Å²) in [6.07, 6.45) is 5.86. The standard InChI is InChI=1S/C15H21ClFN/c1-2-18-13-6-4-3-5-11(9-13)14-10-12(17)7-8-15(14)16/h7-8,10-11,13,18H,2-6,9H2,1H3. The normalized spacial score (nSPS) is 24.8. The lowest BCUT2D eigenvalue weighted by Crippen LogP contribution is -2.29. The second kappa shape index (κ2) is 6.53. The minimum atomic E-state index is -0.182. The minimum Gasteiger partial charge on any atom is -0.314 e. The van der Waals surface area contributed by atoms with Gasteiger partial charge in [0.05, 0.1) is 0 Å². The van der Waals surface area contributed by atoms with Gasteiger partial charge in [0.25, 0.3) is 0 Å². The average Bonchev–Trinajstić information content (AvgIpc) is 2.58. The van der Waals surface area contributed by atoms with Gasteiger partial charge in [0.2, 0.25) is 0 Å². The molecule has 1 aliphatic rings. The van der Waals surface area contributed by atoms with Crippen LogP contribution in [0.4, 0.5) is 4.39 Å². The predicted octanol–water partition coefficient (Wildman–Crippen LogP) is 4.50. The van der Waals surface area contributed by atoms with Gasteiger partial charge in [-0.05, 0) is 55.5 Å².